The SMILES string of the molecule is CN1CCC[C@@H]1CN1CCc2ccc(-c3ccnc(F)c3)cc21. The second-order valence-electron chi connectivity index (χ2n) is 6.68. The third-order valence-electron chi connectivity index (χ3n) is 5.24. The fraction of sp³-hybridized carbons (Fsp3) is 0.421. The van der Waals surface area contributed by atoms with Crippen LogP contribution in [0, 0.1) is 5.95 Å². The summed E-state index contributed by atoms with van der Waals surface area (Å²) in [6.45, 7) is 3.40. The van der Waals surface area contributed by atoms with Gasteiger partial charge in [-0.3, -0.25) is 0 Å². The predicted octanol–water partition coefficient (Wildman–Crippen LogP) is 3.34. The molecule has 4 rings (SSSR count). The molecule has 0 bridgehead atoms. The average Bonchev–Trinajstić information content (AvgIpc) is 3.14. The number of hydrogen-bond acceptors (Lipinski definition) is 3. The van der Waals surface area contributed by atoms with Crippen molar-refractivity contribution in [2.75, 3.05) is 31.6 Å². The van der Waals surface area contributed by atoms with Gasteiger partial charge in [0, 0.05) is 37.1 Å². The summed E-state index contributed by atoms with van der Waals surface area (Å²) in [7, 11) is 2.23. The van der Waals surface area contributed by atoms with E-state index in [4.69, 9.17) is 0 Å². The first kappa shape index (κ1) is 14.6. The highest BCUT2D eigenvalue weighted by molar-refractivity contribution is 5.72. The highest BCUT2D eigenvalue weighted by atomic mass is 19.1. The molecule has 0 radical (unpaired) electrons. The Bertz CT molecular complexity index is 716. The van der Waals surface area contributed by atoms with Gasteiger partial charge < -0.3 is 9.80 Å². The lowest BCUT2D eigenvalue weighted by Gasteiger charge is -2.27. The summed E-state index contributed by atoms with van der Waals surface area (Å²) in [5, 5.41) is 0. The average molecular weight is 311 g/mol. The first-order valence-corrected chi connectivity index (χ1v) is 8.41. The maximum atomic E-state index is 13.4. The molecular formula is C19H22FN3. The normalized spacial score (nSPS) is 21.0. The Kier molecular flexibility index (Phi) is 3.77. The van der Waals surface area contributed by atoms with E-state index < -0.39 is 5.95 Å². The van der Waals surface area contributed by atoms with Gasteiger partial charge in [-0.25, -0.2) is 4.98 Å². The third-order valence-corrected chi connectivity index (χ3v) is 5.24. The van der Waals surface area contributed by atoms with E-state index in [0.717, 1.165) is 30.6 Å². The minimum absolute atomic E-state index is 0.424. The van der Waals surface area contributed by atoms with Crippen LogP contribution in [-0.2, 0) is 6.42 Å². The molecule has 1 fully saturated rings. The number of halogens is 1. The van der Waals surface area contributed by atoms with Crippen LogP contribution >= 0.6 is 0 Å². The van der Waals surface area contributed by atoms with Crippen LogP contribution in [0.3, 0.4) is 0 Å². The van der Waals surface area contributed by atoms with E-state index in [1.54, 1.807) is 0 Å². The van der Waals surface area contributed by atoms with Crippen molar-refractivity contribution < 1.29 is 4.39 Å². The molecule has 0 N–H and O–H groups in total. The summed E-state index contributed by atoms with van der Waals surface area (Å²) < 4.78 is 13.4. The molecule has 0 saturated carbocycles. The molecule has 1 atom stereocenters. The fourth-order valence-electron chi connectivity index (χ4n) is 3.86. The number of pyridine rings is 1. The van der Waals surface area contributed by atoms with Crippen molar-refractivity contribution in [2.24, 2.45) is 0 Å². The monoisotopic (exact) mass is 311 g/mol. The van der Waals surface area contributed by atoms with E-state index in [9.17, 15) is 4.39 Å². The van der Waals surface area contributed by atoms with Gasteiger partial charge in [-0.1, -0.05) is 12.1 Å². The number of likely N-dealkylation sites (N-methyl/N-ethyl adjacent to an activating group) is 1. The predicted molar refractivity (Wildman–Crippen MR) is 91.2 cm³/mol. The van der Waals surface area contributed by atoms with Crippen LogP contribution in [0.15, 0.2) is 36.5 Å². The Morgan fingerprint density at radius 1 is 1.17 bits per heavy atom. The zero-order chi connectivity index (χ0) is 15.8. The summed E-state index contributed by atoms with van der Waals surface area (Å²) in [5.41, 5.74) is 4.69. The highest BCUT2D eigenvalue weighted by Gasteiger charge is 2.27. The molecule has 120 valence electrons. The van der Waals surface area contributed by atoms with E-state index in [1.807, 2.05) is 6.07 Å². The molecule has 0 amide bonds. The van der Waals surface area contributed by atoms with Crippen molar-refractivity contribution in [3.63, 3.8) is 0 Å². The maximum absolute atomic E-state index is 13.4. The molecule has 3 nitrogen and oxygen atoms in total. The van der Waals surface area contributed by atoms with Crippen molar-refractivity contribution in [3.05, 3.63) is 48.0 Å². The van der Waals surface area contributed by atoms with Gasteiger partial charge in [-0.2, -0.15) is 4.39 Å². The number of benzene rings is 1. The number of aromatic nitrogens is 1. The number of rotatable bonds is 3. The molecule has 4 heteroatoms. The third kappa shape index (κ3) is 2.83. The molecule has 3 heterocycles. The van der Waals surface area contributed by atoms with Crippen LogP contribution in [0.25, 0.3) is 11.1 Å². The quantitative estimate of drug-likeness (QED) is 0.811. The van der Waals surface area contributed by atoms with Gasteiger partial charge in [0.2, 0.25) is 5.95 Å². The van der Waals surface area contributed by atoms with Gasteiger partial charge in [0.05, 0.1) is 0 Å². The van der Waals surface area contributed by atoms with Crippen LogP contribution < -0.4 is 4.90 Å². The van der Waals surface area contributed by atoms with Crippen molar-refractivity contribution >= 4 is 5.69 Å². The van der Waals surface area contributed by atoms with Crippen molar-refractivity contribution in [1.29, 1.82) is 0 Å². The highest BCUT2D eigenvalue weighted by Crippen LogP contribution is 2.33. The first-order chi connectivity index (χ1) is 11.2. The van der Waals surface area contributed by atoms with Crippen LogP contribution in [0.4, 0.5) is 10.1 Å². The van der Waals surface area contributed by atoms with Crippen molar-refractivity contribution in [2.45, 2.75) is 25.3 Å². The summed E-state index contributed by atoms with van der Waals surface area (Å²) in [4.78, 5) is 8.62. The second kappa shape index (κ2) is 5.93. The Morgan fingerprint density at radius 2 is 2.04 bits per heavy atom. The van der Waals surface area contributed by atoms with Crippen molar-refractivity contribution in [1.82, 2.24) is 9.88 Å². The minimum atomic E-state index is -0.424. The van der Waals surface area contributed by atoms with Crippen LogP contribution in [0.1, 0.15) is 18.4 Å². The van der Waals surface area contributed by atoms with Crippen LogP contribution in [0.2, 0.25) is 0 Å². The largest absolute Gasteiger partial charge is 0.369 e. The standard InChI is InChI=1S/C19H22FN3/c1-22-9-2-3-17(22)13-23-10-7-14-4-5-15(11-18(14)23)16-6-8-21-19(20)12-16/h4-6,8,11-12,17H,2-3,7,9-10,13H2,1H3/t17-/m1/s1. The molecule has 2 aromatic rings. The Labute approximate surface area is 136 Å². The maximum Gasteiger partial charge on any atom is 0.213 e. The smallest absolute Gasteiger partial charge is 0.213 e. The Morgan fingerprint density at radius 3 is 2.83 bits per heavy atom. The Balaban J connectivity index is 1.61. The number of hydrogen-bond donors (Lipinski definition) is 0. The van der Waals surface area contributed by atoms with Gasteiger partial charge in [0.1, 0.15) is 0 Å². The number of anilines is 1. The molecular weight excluding hydrogens is 289 g/mol. The number of fused-ring (bicyclic) bond motifs is 1. The fourth-order valence-corrected chi connectivity index (χ4v) is 3.86. The molecule has 0 spiro atoms. The Hall–Kier alpha value is -1.94. The molecule has 0 aliphatic carbocycles. The molecule has 1 aromatic carbocycles. The van der Waals surface area contributed by atoms with Crippen LogP contribution in [-0.4, -0.2) is 42.6 Å². The topological polar surface area (TPSA) is 19.4 Å². The zero-order valence-corrected chi connectivity index (χ0v) is 13.5. The molecule has 23 heavy (non-hydrogen) atoms. The van der Waals surface area contributed by atoms with E-state index in [-0.39, 0.29) is 0 Å². The lowest BCUT2D eigenvalue weighted by Crippen LogP contribution is -2.37. The molecule has 1 aromatic heterocycles. The van der Waals surface area contributed by atoms with Gasteiger partial charge in [-0.15, -0.1) is 0 Å². The summed E-state index contributed by atoms with van der Waals surface area (Å²) in [5.74, 6) is -0.424. The number of likely N-dealkylation sites (tertiary alicyclic amines) is 1. The lowest BCUT2D eigenvalue weighted by atomic mass is 10.0. The van der Waals surface area contributed by atoms with Gasteiger partial charge in [0.15, 0.2) is 0 Å². The van der Waals surface area contributed by atoms with E-state index in [1.165, 1.54) is 42.9 Å². The summed E-state index contributed by atoms with van der Waals surface area (Å²) in [6, 6.07) is 10.5. The van der Waals surface area contributed by atoms with E-state index in [0.29, 0.717) is 6.04 Å². The second-order valence-corrected chi connectivity index (χ2v) is 6.68. The molecule has 0 unspecified atom stereocenters. The zero-order valence-electron chi connectivity index (χ0n) is 13.5. The lowest BCUT2D eigenvalue weighted by molar-refractivity contribution is 0.313. The van der Waals surface area contributed by atoms with Gasteiger partial charge >= 0.3 is 0 Å². The van der Waals surface area contributed by atoms with E-state index in [2.05, 4.69) is 40.0 Å². The van der Waals surface area contributed by atoms with Gasteiger partial charge in [-0.05, 0) is 61.7 Å². The summed E-state index contributed by atoms with van der Waals surface area (Å²) in [6.07, 6.45) is 5.23. The molecule has 2 aliphatic heterocycles. The summed E-state index contributed by atoms with van der Waals surface area (Å²) >= 11 is 0. The van der Waals surface area contributed by atoms with Gasteiger partial charge in [0.25, 0.3) is 0 Å². The minimum Gasteiger partial charge on any atom is -0.369 e. The molecule has 2 aliphatic rings. The van der Waals surface area contributed by atoms with Crippen LogP contribution in [0.5, 0.6) is 0 Å². The van der Waals surface area contributed by atoms with Crippen molar-refractivity contribution in [3.8, 4) is 11.1 Å². The molecule has 1 saturated heterocycles. The number of nitrogens with zero attached hydrogens (tertiary/aromatic N) is 3. The van der Waals surface area contributed by atoms with E-state index >= 15 is 0 Å². The first-order valence-electron chi connectivity index (χ1n) is 8.41.